The third-order valence-corrected chi connectivity index (χ3v) is 6.39. The number of anilines is 2. The molecule has 9 nitrogen and oxygen atoms in total. The van der Waals surface area contributed by atoms with Crippen molar-refractivity contribution >= 4 is 35.0 Å². The van der Waals surface area contributed by atoms with E-state index in [0.717, 1.165) is 25.1 Å². The van der Waals surface area contributed by atoms with Crippen molar-refractivity contribution < 1.29 is 23.5 Å². The molecule has 1 atom stereocenters. The van der Waals surface area contributed by atoms with Gasteiger partial charge in [-0.2, -0.15) is 0 Å². The Morgan fingerprint density at radius 1 is 1.14 bits per heavy atom. The Kier molecular flexibility index (Phi) is 8.32. The SMILES string of the molecule is COC(=O)c1ccc(NC(=O)CSc2nnc(CNc3ccc(F)cc3)n2C[C@H]2CCCO2)cc1. The van der Waals surface area contributed by atoms with Crippen LogP contribution in [0.15, 0.2) is 53.7 Å². The topological polar surface area (TPSA) is 107 Å². The maximum absolute atomic E-state index is 13.2. The van der Waals surface area contributed by atoms with Crippen molar-refractivity contribution in [1.29, 1.82) is 0 Å². The van der Waals surface area contributed by atoms with E-state index in [1.165, 1.54) is 31.0 Å². The molecule has 184 valence electrons. The Balaban J connectivity index is 1.38. The number of rotatable bonds is 10. The lowest BCUT2D eigenvalue weighted by Crippen LogP contribution is -2.20. The van der Waals surface area contributed by atoms with Crippen LogP contribution < -0.4 is 10.6 Å². The van der Waals surface area contributed by atoms with Crippen molar-refractivity contribution in [2.45, 2.75) is 37.2 Å². The first kappa shape index (κ1) is 24.7. The number of thioether (sulfide) groups is 1. The van der Waals surface area contributed by atoms with Crippen LogP contribution >= 0.6 is 11.8 Å². The highest BCUT2D eigenvalue weighted by molar-refractivity contribution is 7.99. The fraction of sp³-hybridized carbons (Fsp3) is 0.333. The second-order valence-electron chi connectivity index (χ2n) is 7.91. The molecule has 4 rings (SSSR count). The molecular weight excluding hydrogens is 473 g/mol. The largest absolute Gasteiger partial charge is 0.465 e. The standard InChI is InChI=1S/C24H26FN5O4S/c1-33-23(32)16-4-8-19(9-5-16)27-22(31)15-35-24-29-28-21(30(24)14-20-3-2-12-34-20)13-26-18-10-6-17(25)7-11-18/h4-11,20,26H,2-3,12-15H2,1H3,(H,27,31)/t20-/m1/s1. The summed E-state index contributed by atoms with van der Waals surface area (Å²) in [5.74, 6) is -0.111. The lowest BCUT2D eigenvalue weighted by atomic mass is 10.2. The van der Waals surface area contributed by atoms with E-state index in [9.17, 15) is 14.0 Å². The highest BCUT2D eigenvalue weighted by atomic mass is 32.2. The summed E-state index contributed by atoms with van der Waals surface area (Å²) in [6, 6.07) is 12.6. The third-order valence-electron chi connectivity index (χ3n) is 5.42. The average molecular weight is 500 g/mol. The minimum Gasteiger partial charge on any atom is -0.465 e. The quantitative estimate of drug-likeness (QED) is 0.321. The van der Waals surface area contributed by atoms with Gasteiger partial charge in [-0.05, 0) is 61.4 Å². The van der Waals surface area contributed by atoms with Crippen LogP contribution in [0, 0.1) is 5.82 Å². The number of carbonyl (C=O) groups is 2. The predicted molar refractivity (Wildman–Crippen MR) is 130 cm³/mol. The molecule has 0 bridgehead atoms. The molecule has 1 amide bonds. The number of benzene rings is 2. The van der Waals surface area contributed by atoms with Gasteiger partial charge in [-0.3, -0.25) is 4.79 Å². The predicted octanol–water partition coefficient (Wildman–Crippen LogP) is 3.73. The van der Waals surface area contributed by atoms with Crippen LogP contribution in [-0.4, -0.2) is 52.2 Å². The van der Waals surface area contributed by atoms with Crippen LogP contribution in [0.25, 0.3) is 0 Å². The number of hydrogen-bond donors (Lipinski definition) is 2. The maximum Gasteiger partial charge on any atom is 0.337 e. The van der Waals surface area contributed by atoms with Gasteiger partial charge in [-0.1, -0.05) is 11.8 Å². The molecule has 1 fully saturated rings. The number of carbonyl (C=O) groups excluding carboxylic acids is 2. The Labute approximate surface area is 206 Å². The molecule has 0 unspecified atom stereocenters. The zero-order valence-electron chi connectivity index (χ0n) is 19.2. The molecule has 2 aromatic carbocycles. The van der Waals surface area contributed by atoms with Gasteiger partial charge in [-0.15, -0.1) is 10.2 Å². The fourth-order valence-corrected chi connectivity index (χ4v) is 4.38. The van der Waals surface area contributed by atoms with Crippen molar-refractivity contribution in [3.8, 4) is 0 Å². The number of esters is 1. The Morgan fingerprint density at radius 2 is 1.89 bits per heavy atom. The van der Waals surface area contributed by atoms with Gasteiger partial charge in [0.25, 0.3) is 0 Å². The molecule has 2 heterocycles. The van der Waals surface area contributed by atoms with Gasteiger partial charge in [0.05, 0.1) is 37.6 Å². The smallest absolute Gasteiger partial charge is 0.337 e. The van der Waals surface area contributed by atoms with Gasteiger partial charge < -0.3 is 24.7 Å². The molecule has 11 heteroatoms. The Bertz CT molecular complexity index is 1150. The van der Waals surface area contributed by atoms with Gasteiger partial charge >= 0.3 is 5.97 Å². The van der Waals surface area contributed by atoms with E-state index < -0.39 is 5.97 Å². The molecule has 35 heavy (non-hydrogen) atoms. The number of amides is 1. The zero-order valence-corrected chi connectivity index (χ0v) is 20.0. The van der Waals surface area contributed by atoms with Crippen LogP contribution in [0.3, 0.4) is 0 Å². The number of ether oxygens (including phenoxy) is 2. The third kappa shape index (κ3) is 6.80. The van der Waals surface area contributed by atoms with Crippen molar-refractivity contribution in [2.24, 2.45) is 0 Å². The zero-order chi connectivity index (χ0) is 24.6. The molecule has 1 saturated heterocycles. The molecule has 2 N–H and O–H groups in total. The summed E-state index contributed by atoms with van der Waals surface area (Å²) in [6.45, 7) is 1.71. The van der Waals surface area contributed by atoms with E-state index >= 15 is 0 Å². The summed E-state index contributed by atoms with van der Waals surface area (Å²) in [7, 11) is 1.32. The normalized spacial score (nSPS) is 15.1. The summed E-state index contributed by atoms with van der Waals surface area (Å²) >= 11 is 1.28. The number of methoxy groups -OCH3 is 1. The molecular formula is C24H26FN5O4S. The van der Waals surface area contributed by atoms with Crippen LogP contribution in [0.1, 0.15) is 29.0 Å². The Hall–Kier alpha value is -3.44. The van der Waals surface area contributed by atoms with Gasteiger partial charge in [0, 0.05) is 18.0 Å². The Morgan fingerprint density at radius 3 is 2.57 bits per heavy atom. The summed E-state index contributed by atoms with van der Waals surface area (Å²) in [5, 5.41) is 15.3. The van der Waals surface area contributed by atoms with Crippen LogP contribution in [0.5, 0.6) is 0 Å². The van der Waals surface area contributed by atoms with Crippen molar-refractivity contribution in [1.82, 2.24) is 14.8 Å². The first-order valence-corrected chi connectivity index (χ1v) is 12.1. The van der Waals surface area contributed by atoms with Crippen molar-refractivity contribution in [3.05, 3.63) is 65.7 Å². The second kappa shape index (κ2) is 11.8. The number of halogens is 1. The van der Waals surface area contributed by atoms with Gasteiger partial charge in [0.1, 0.15) is 5.82 Å². The van der Waals surface area contributed by atoms with E-state index in [2.05, 4.69) is 25.6 Å². The highest BCUT2D eigenvalue weighted by Gasteiger charge is 2.21. The first-order valence-electron chi connectivity index (χ1n) is 11.2. The number of nitrogens with zero attached hydrogens (tertiary/aromatic N) is 3. The van der Waals surface area contributed by atoms with Crippen LogP contribution in [-0.2, 0) is 27.4 Å². The molecule has 0 saturated carbocycles. The summed E-state index contributed by atoms with van der Waals surface area (Å²) in [6.07, 6.45) is 2.03. The monoisotopic (exact) mass is 499 g/mol. The number of nitrogens with one attached hydrogen (secondary N) is 2. The molecule has 3 aromatic rings. The maximum atomic E-state index is 13.2. The summed E-state index contributed by atoms with van der Waals surface area (Å²) in [5.41, 5.74) is 1.75. The molecule has 0 spiro atoms. The second-order valence-corrected chi connectivity index (χ2v) is 8.85. The molecule has 1 aliphatic rings. The van der Waals surface area contributed by atoms with Crippen LogP contribution in [0.4, 0.5) is 15.8 Å². The minimum absolute atomic E-state index is 0.0667. The summed E-state index contributed by atoms with van der Waals surface area (Å²) in [4.78, 5) is 24.1. The van der Waals surface area contributed by atoms with Gasteiger partial charge in [-0.25, -0.2) is 9.18 Å². The number of aromatic nitrogens is 3. The molecule has 0 aliphatic carbocycles. The van der Waals surface area contributed by atoms with Crippen molar-refractivity contribution in [3.63, 3.8) is 0 Å². The molecule has 1 aromatic heterocycles. The van der Waals surface area contributed by atoms with E-state index in [0.29, 0.717) is 35.3 Å². The van der Waals surface area contributed by atoms with Gasteiger partial charge in [0.2, 0.25) is 5.91 Å². The van der Waals surface area contributed by atoms with E-state index in [1.54, 1.807) is 36.4 Å². The van der Waals surface area contributed by atoms with E-state index in [4.69, 9.17) is 4.74 Å². The molecule has 1 aliphatic heterocycles. The average Bonchev–Trinajstić information content (AvgIpc) is 3.53. The van der Waals surface area contributed by atoms with E-state index in [1.807, 2.05) is 4.57 Å². The molecule has 0 radical (unpaired) electrons. The fourth-order valence-electron chi connectivity index (χ4n) is 3.62. The lowest BCUT2D eigenvalue weighted by molar-refractivity contribution is -0.113. The van der Waals surface area contributed by atoms with Crippen LogP contribution in [0.2, 0.25) is 0 Å². The lowest BCUT2D eigenvalue weighted by Gasteiger charge is -2.15. The first-order chi connectivity index (χ1) is 17.0. The summed E-state index contributed by atoms with van der Waals surface area (Å²) < 4.78 is 25.6. The van der Waals surface area contributed by atoms with E-state index in [-0.39, 0.29) is 23.6 Å². The van der Waals surface area contributed by atoms with Gasteiger partial charge in [0.15, 0.2) is 11.0 Å². The van der Waals surface area contributed by atoms with Crippen molar-refractivity contribution in [2.75, 3.05) is 30.1 Å². The minimum atomic E-state index is -0.436. The number of hydrogen-bond acceptors (Lipinski definition) is 8. The highest BCUT2D eigenvalue weighted by Crippen LogP contribution is 2.22.